The minimum Gasteiger partial charge on any atom is -0.275 e. The third-order valence-corrected chi connectivity index (χ3v) is 2.80. The second-order valence-corrected chi connectivity index (χ2v) is 4.56. The summed E-state index contributed by atoms with van der Waals surface area (Å²) in [4.78, 5) is 4.40. The van der Waals surface area contributed by atoms with E-state index in [0.29, 0.717) is 10.9 Å². The van der Waals surface area contributed by atoms with Gasteiger partial charge in [0.15, 0.2) is 0 Å². The minimum atomic E-state index is 0.438. The highest BCUT2D eigenvalue weighted by molar-refractivity contribution is 6.33. The Bertz CT molecular complexity index is 503. The fourth-order valence-electron chi connectivity index (χ4n) is 1.52. The van der Waals surface area contributed by atoms with Crippen LogP contribution in [0.15, 0.2) is 24.7 Å². The van der Waals surface area contributed by atoms with E-state index in [1.54, 1.807) is 10.9 Å². The Morgan fingerprint density at radius 2 is 1.89 bits per heavy atom. The third kappa shape index (κ3) is 3.33. The summed E-state index contributed by atoms with van der Waals surface area (Å²) in [5.74, 6) is 0.438. The van der Waals surface area contributed by atoms with E-state index >= 15 is 0 Å². The zero-order valence-corrected chi connectivity index (χ0v) is 12.4. The first kappa shape index (κ1) is 14.7. The number of aryl methyl sites for hydroxylation is 1. The molecule has 0 spiro atoms. The van der Waals surface area contributed by atoms with Gasteiger partial charge >= 0.3 is 0 Å². The lowest BCUT2D eigenvalue weighted by Crippen LogP contribution is -1.91. The van der Waals surface area contributed by atoms with Gasteiger partial charge in [0.25, 0.3) is 0 Å². The van der Waals surface area contributed by atoms with Gasteiger partial charge in [0.05, 0.1) is 16.9 Å². The van der Waals surface area contributed by atoms with Crippen LogP contribution in [0.1, 0.15) is 39.2 Å². The molecule has 2 rings (SSSR count). The maximum Gasteiger partial charge on any atom is 0.0919 e. The molecule has 0 aliphatic heterocycles. The molecule has 0 saturated carbocycles. The van der Waals surface area contributed by atoms with Crippen molar-refractivity contribution >= 4 is 11.6 Å². The number of halogens is 1. The van der Waals surface area contributed by atoms with Crippen molar-refractivity contribution in [2.75, 3.05) is 0 Å². The summed E-state index contributed by atoms with van der Waals surface area (Å²) in [6, 6.07) is 1.97. The van der Waals surface area contributed by atoms with Crippen LogP contribution in [-0.2, 0) is 7.05 Å². The summed E-state index contributed by atoms with van der Waals surface area (Å²) in [5, 5.41) is 4.79. The smallest absolute Gasteiger partial charge is 0.0919 e. The van der Waals surface area contributed by atoms with Crippen LogP contribution in [0, 0.1) is 0 Å². The molecule has 0 aliphatic rings. The average molecular weight is 266 g/mol. The van der Waals surface area contributed by atoms with Crippen LogP contribution >= 0.6 is 11.6 Å². The van der Waals surface area contributed by atoms with E-state index in [0.717, 1.165) is 16.8 Å². The quantitative estimate of drug-likeness (QED) is 0.811. The molecule has 18 heavy (non-hydrogen) atoms. The lowest BCUT2D eigenvalue weighted by Gasteiger charge is -2.07. The number of hydrogen-bond donors (Lipinski definition) is 0. The maximum absolute atomic E-state index is 6.22. The molecule has 0 radical (unpaired) electrons. The van der Waals surface area contributed by atoms with Crippen molar-refractivity contribution in [3.8, 4) is 11.3 Å². The SMILES string of the molecule is CC.CC(C)c1cnc(-c2cnn(C)c2)c(Cl)c1. The molecule has 0 atom stereocenters. The normalized spacial score (nSPS) is 10.2. The van der Waals surface area contributed by atoms with E-state index in [1.165, 1.54) is 0 Å². The van der Waals surface area contributed by atoms with E-state index in [-0.39, 0.29) is 0 Å². The van der Waals surface area contributed by atoms with Crippen LogP contribution in [0.25, 0.3) is 11.3 Å². The zero-order valence-electron chi connectivity index (χ0n) is 11.6. The molecule has 0 amide bonds. The van der Waals surface area contributed by atoms with Crippen molar-refractivity contribution in [1.29, 1.82) is 0 Å². The summed E-state index contributed by atoms with van der Waals surface area (Å²) in [5.41, 5.74) is 2.89. The summed E-state index contributed by atoms with van der Waals surface area (Å²) >= 11 is 6.22. The molecule has 0 fully saturated rings. The molecule has 2 aromatic heterocycles. The highest BCUT2D eigenvalue weighted by atomic mass is 35.5. The molecule has 4 heteroatoms. The lowest BCUT2D eigenvalue weighted by atomic mass is 10.1. The Kier molecular flexibility index (Phi) is 5.35. The number of nitrogens with zero attached hydrogens (tertiary/aromatic N) is 3. The molecule has 0 unspecified atom stereocenters. The third-order valence-electron chi connectivity index (χ3n) is 2.51. The Morgan fingerprint density at radius 1 is 1.22 bits per heavy atom. The van der Waals surface area contributed by atoms with Crippen molar-refractivity contribution in [2.45, 2.75) is 33.6 Å². The van der Waals surface area contributed by atoms with Crippen LogP contribution in [0.4, 0.5) is 0 Å². The molecule has 3 nitrogen and oxygen atoms in total. The van der Waals surface area contributed by atoms with Crippen molar-refractivity contribution in [2.24, 2.45) is 7.05 Å². The first-order chi connectivity index (χ1) is 8.58. The average Bonchev–Trinajstić information content (AvgIpc) is 2.78. The number of pyridine rings is 1. The van der Waals surface area contributed by atoms with E-state index in [2.05, 4.69) is 23.9 Å². The Morgan fingerprint density at radius 3 is 2.33 bits per heavy atom. The summed E-state index contributed by atoms with van der Waals surface area (Å²) in [6.07, 6.45) is 5.55. The molecule has 98 valence electrons. The maximum atomic E-state index is 6.22. The van der Waals surface area contributed by atoms with E-state index < -0.39 is 0 Å². The molecule has 0 aliphatic carbocycles. The van der Waals surface area contributed by atoms with Gasteiger partial charge in [-0.05, 0) is 17.5 Å². The number of rotatable bonds is 2. The molecular formula is C14H20ClN3. The second kappa shape index (κ2) is 6.55. The Hall–Kier alpha value is -1.35. The second-order valence-electron chi connectivity index (χ2n) is 4.16. The van der Waals surface area contributed by atoms with Crippen molar-refractivity contribution < 1.29 is 0 Å². The fraction of sp³-hybridized carbons (Fsp3) is 0.429. The topological polar surface area (TPSA) is 30.7 Å². The largest absolute Gasteiger partial charge is 0.275 e. The van der Waals surface area contributed by atoms with Gasteiger partial charge in [-0.1, -0.05) is 39.3 Å². The van der Waals surface area contributed by atoms with Crippen LogP contribution in [0.3, 0.4) is 0 Å². The van der Waals surface area contributed by atoms with Gasteiger partial charge in [0, 0.05) is 25.0 Å². The summed E-state index contributed by atoms with van der Waals surface area (Å²) < 4.78 is 1.74. The highest BCUT2D eigenvalue weighted by Gasteiger charge is 2.09. The van der Waals surface area contributed by atoms with Crippen LogP contribution < -0.4 is 0 Å². The molecule has 0 aromatic carbocycles. The van der Waals surface area contributed by atoms with Crippen LogP contribution in [0.2, 0.25) is 5.02 Å². The molecular weight excluding hydrogens is 246 g/mol. The molecule has 0 N–H and O–H groups in total. The fourth-order valence-corrected chi connectivity index (χ4v) is 1.81. The number of hydrogen-bond acceptors (Lipinski definition) is 2. The lowest BCUT2D eigenvalue weighted by molar-refractivity contribution is 0.768. The molecule has 2 heterocycles. The predicted molar refractivity (Wildman–Crippen MR) is 76.9 cm³/mol. The van der Waals surface area contributed by atoms with E-state index in [4.69, 9.17) is 11.6 Å². The van der Waals surface area contributed by atoms with Crippen LogP contribution in [-0.4, -0.2) is 14.8 Å². The zero-order chi connectivity index (χ0) is 13.7. The van der Waals surface area contributed by atoms with Gasteiger partial charge in [-0.25, -0.2) is 0 Å². The summed E-state index contributed by atoms with van der Waals surface area (Å²) in [6.45, 7) is 8.24. The van der Waals surface area contributed by atoms with Gasteiger partial charge in [-0.2, -0.15) is 5.10 Å². The van der Waals surface area contributed by atoms with Gasteiger partial charge in [0.2, 0.25) is 0 Å². The van der Waals surface area contributed by atoms with Gasteiger partial charge in [0.1, 0.15) is 0 Å². The van der Waals surface area contributed by atoms with Gasteiger partial charge in [-0.3, -0.25) is 9.67 Å². The standard InChI is InChI=1S/C12H14ClN3.C2H6/c1-8(2)9-4-11(13)12(14-5-9)10-6-15-16(3)7-10;1-2/h4-8H,1-3H3;1-2H3. The molecule has 0 saturated heterocycles. The summed E-state index contributed by atoms with van der Waals surface area (Å²) in [7, 11) is 1.87. The number of aromatic nitrogens is 3. The van der Waals surface area contributed by atoms with Crippen molar-refractivity contribution in [3.05, 3.63) is 35.2 Å². The first-order valence-electron chi connectivity index (χ1n) is 6.22. The van der Waals surface area contributed by atoms with Crippen LogP contribution in [0.5, 0.6) is 0 Å². The molecule has 2 aromatic rings. The van der Waals surface area contributed by atoms with E-state index in [1.807, 2.05) is 39.4 Å². The van der Waals surface area contributed by atoms with Gasteiger partial charge in [-0.15, -0.1) is 0 Å². The highest BCUT2D eigenvalue weighted by Crippen LogP contribution is 2.27. The van der Waals surface area contributed by atoms with Crippen molar-refractivity contribution in [3.63, 3.8) is 0 Å². The molecule has 0 bridgehead atoms. The first-order valence-corrected chi connectivity index (χ1v) is 6.60. The van der Waals surface area contributed by atoms with E-state index in [9.17, 15) is 0 Å². The van der Waals surface area contributed by atoms with Crippen molar-refractivity contribution in [1.82, 2.24) is 14.8 Å². The Labute approximate surface area is 114 Å². The Balaban J connectivity index is 0.000000771. The van der Waals surface area contributed by atoms with Gasteiger partial charge < -0.3 is 0 Å². The predicted octanol–water partition coefficient (Wildman–Crippen LogP) is 4.29. The minimum absolute atomic E-state index is 0.438. The monoisotopic (exact) mass is 265 g/mol.